The van der Waals surface area contributed by atoms with Gasteiger partial charge in [0.25, 0.3) is 11.8 Å². The van der Waals surface area contributed by atoms with Gasteiger partial charge in [0.1, 0.15) is 18.3 Å². The molecule has 3 amide bonds. The first kappa shape index (κ1) is 23.4. The van der Waals surface area contributed by atoms with E-state index in [4.69, 9.17) is 0 Å². The van der Waals surface area contributed by atoms with Gasteiger partial charge in [-0.1, -0.05) is 18.2 Å². The van der Waals surface area contributed by atoms with E-state index in [0.717, 1.165) is 11.1 Å². The number of likely N-dealkylation sites (tertiary alicyclic amines) is 2. The molecule has 3 aromatic rings. The topological polar surface area (TPSA) is 106 Å². The summed E-state index contributed by atoms with van der Waals surface area (Å²) in [4.78, 5) is 51.1. The second kappa shape index (κ2) is 9.13. The average molecular weight is 506 g/mol. The van der Waals surface area contributed by atoms with Gasteiger partial charge in [0, 0.05) is 36.9 Å². The Kier molecular flexibility index (Phi) is 5.77. The van der Waals surface area contributed by atoms with Crippen LogP contribution >= 0.6 is 0 Å². The number of hydrogen-bond donors (Lipinski definition) is 1. The van der Waals surface area contributed by atoms with Crippen LogP contribution < -0.4 is 4.90 Å². The summed E-state index contributed by atoms with van der Waals surface area (Å²) in [7, 11) is 0. The molecule has 0 radical (unpaired) electrons. The van der Waals surface area contributed by atoms with Crippen LogP contribution in [0.4, 0.5) is 10.1 Å². The molecule has 0 bridgehead atoms. The molecule has 10 nitrogen and oxygen atoms in total. The Hall–Kier alpha value is -4.02. The van der Waals surface area contributed by atoms with Crippen LogP contribution in [0.1, 0.15) is 29.6 Å². The largest absolute Gasteiger partial charge is 0.339 e. The molecule has 0 unspecified atom stereocenters. The van der Waals surface area contributed by atoms with Gasteiger partial charge in [0.15, 0.2) is 5.65 Å². The molecule has 1 aromatic carbocycles. The molecule has 5 heterocycles. The molecule has 0 aliphatic carbocycles. The third-order valence-electron chi connectivity index (χ3n) is 7.81. The lowest BCUT2D eigenvalue weighted by Gasteiger charge is -2.43. The predicted molar refractivity (Wildman–Crippen MR) is 133 cm³/mol. The first-order valence-corrected chi connectivity index (χ1v) is 12.6. The number of pyridine rings is 1. The van der Waals surface area contributed by atoms with Crippen molar-refractivity contribution in [1.82, 2.24) is 29.9 Å². The van der Waals surface area contributed by atoms with Gasteiger partial charge in [-0.05, 0) is 37.5 Å². The number of benzene rings is 1. The van der Waals surface area contributed by atoms with Crippen LogP contribution in [0, 0.1) is 0 Å². The molecular formula is C26H28FN7O3. The van der Waals surface area contributed by atoms with Crippen molar-refractivity contribution in [3.63, 3.8) is 0 Å². The minimum atomic E-state index is -1.00. The second-order valence-electron chi connectivity index (χ2n) is 9.99. The number of hydrogen-bond acceptors (Lipinski definition) is 6. The highest BCUT2D eigenvalue weighted by Gasteiger charge is 2.54. The maximum Gasteiger partial charge on any atom is 0.255 e. The Bertz CT molecular complexity index is 1340. The molecule has 3 aliphatic rings. The highest BCUT2D eigenvalue weighted by Crippen LogP contribution is 2.39. The Morgan fingerprint density at radius 2 is 1.86 bits per heavy atom. The van der Waals surface area contributed by atoms with Gasteiger partial charge in [0.2, 0.25) is 5.91 Å². The number of anilines is 1. The molecule has 2 aromatic heterocycles. The van der Waals surface area contributed by atoms with Crippen molar-refractivity contribution in [3.8, 4) is 0 Å². The van der Waals surface area contributed by atoms with Gasteiger partial charge in [-0.15, -0.1) is 0 Å². The molecule has 3 saturated heterocycles. The molecule has 3 fully saturated rings. The summed E-state index contributed by atoms with van der Waals surface area (Å²) in [6.45, 7) is 1.47. The van der Waals surface area contributed by atoms with Gasteiger partial charge >= 0.3 is 0 Å². The van der Waals surface area contributed by atoms with Crippen molar-refractivity contribution in [2.24, 2.45) is 0 Å². The number of nitrogens with one attached hydrogen (secondary N) is 1. The van der Waals surface area contributed by atoms with Gasteiger partial charge in [-0.2, -0.15) is 5.10 Å². The molecule has 37 heavy (non-hydrogen) atoms. The number of H-pyrrole nitrogens is 1. The van der Waals surface area contributed by atoms with E-state index in [1.807, 2.05) is 30.3 Å². The Balaban J connectivity index is 1.21. The Morgan fingerprint density at radius 3 is 2.59 bits per heavy atom. The minimum Gasteiger partial charge on any atom is -0.339 e. The number of alkyl halides is 1. The zero-order chi connectivity index (χ0) is 25.6. The van der Waals surface area contributed by atoms with Gasteiger partial charge in [-0.3, -0.25) is 19.5 Å². The first-order chi connectivity index (χ1) is 17.9. The fraction of sp³-hybridized carbons (Fsp3) is 0.423. The average Bonchev–Trinajstić information content (AvgIpc) is 3.64. The fourth-order valence-electron chi connectivity index (χ4n) is 5.75. The summed E-state index contributed by atoms with van der Waals surface area (Å²) < 4.78 is 13.7. The smallest absolute Gasteiger partial charge is 0.255 e. The molecule has 1 spiro atoms. The number of carbonyl (C=O) groups is 3. The SMILES string of the molecule is O=C(CN1CN(c2ccccc2)C2(CCN(C(=O)c3cnc4[nH]ncc4c3)CC2)C1=O)N1CC[C@@H](F)C1. The highest BCUT2D eigenvalue weighted by atomic mass is 19.1. The number of aromatic amines is 1. The van der Waals surface area contributed by atoms with Crippen LogP contribution in [0.3, 0.4) is 0 Å². The standard InChI is InChI=1S/C26H28FN7O3/c27-20-6-9-32(15-20)22(35)16-33-17-34(21-4-2-1-3-5-21)26(25(33)37)7-10-31(11-8-26)24(36)19-12-18-14-29-30-23(18)28-13-19/h1-5,12-14,20H,6-11,15-17H2,(H,28,29,30)/t20-/m1/s1. The van der Waals surface area contributed by atoms with Gasteiger partial charge < -0.3 is 19.6 Å². The summed E-state index contributed by atoms with van der Waals surface area (Å²) in [6.07, 6.45) is 3.39. The van der Waals surface area contributed by atoms with Crippen molar-refractivity contribution in [1.29, 1.82) is 0 Å². The van der Waals surface area contributed by atoms with E-state index in [2.05, 4.69) is 20.1 Å². The van der Waals surface area contributed by atoms with Crippen LogP contribution in [-0.4, -0.2) is 98.7 Å². The Morgan fingerprint density at radius 1 is 1.08 bits per heavy atom. The van der Waals surface area contributed by atoms with Crippen molar-refractivity contribution >= 4 is 34.4 Å². The lowest BCUT2D eigenvalue weighted by atomic mass is 9.85. The molecule has 11 heteroatoms. The van der Waals surface area contributed by atoms with Gasteiger partial charge in [-0.25, -0.2) is 9.37 Å². The summed E-state index contributed by atoms with van der Waals surface area (Å²) in [5.74, 6) is -0.480. The van der Waals surface area contributed by atoms with Crippen LogP contribution in [0.5, 0.6) is 0 Å². The first-order valence-electron chi connectivity index (χ1n) is 12.6. The summed E-state index contributed by atoms with van der Waals surface area (Å²) in [6, 6.07) is 11.4. The van der Waals surface area contributed by atoms with E-state index in [9.17, 15) is 18.8 Å². The predicted octanol–water partition coefficient (Wildman–Crippen LogP) is 1.81. The number of rotatable bonds is 4. The molecule has 1 N–H and O–H groups in total. The fourth-order valence-corrected chi connectivity index (χ4v) is 5.75. The molecular weight excluding hydrogens is 477 g/mol. The number of para-hydroxylation sites is 1. The molecule has 1 atom stereocenters. The van der Waals surface area contributed by atoms with E-state index in [1.54, 1.807) is 22.1 Å². The van der Waals surface area contributed by atoms with Crippen molar-refractivity contribution in [2.45, 2.75) is 31.0 Å². The van der Waals surface area contributed by atoms with Crippen molar-refractivity contribution in [3.05, 3.63) is 54.4 Å². The lowest BCUT2D eigenvalue weighted by molar-refractivity contribution is -0.140. The number of piperidine rings is 1. The summed E-state index contributed by atoms with van der Waals surface area (Å²) in [5, 5.41) is 7.50. The van der Waals surface area contributed by atoms with Crippen LogP contribution in [0.2, 0.25) is 0 Å². The lowest BCUT2D eigenvalue weighted by Crippen LogP contribution is -2.57. The van der Waals surface area contributed by atoms with E-state index in [-0.39, 0.29) is 37.5 Å². The third-order valence-corrected chi connectivity index (χ3v) is 7.81. The van der Waals surface area contributed by atoms with Crippen molar-refractivity contribution in [2.75, 3.05) is 44.3 Å². The quantitative estimate of drug-likeness (QED) is 0.580. The number of amides is 3. The normalized spacial score (nSPS) is 21.4. The third kappa shape index (κ3) is 4.08. The van der Waals surface area contributed by atoms with E-state index >= 15 is 0 Å². The number of halogens is 1. The summed E-state index contributed by atoms with van der Waals surface area (Å²) in [5.41, 5.74) is 1.14. The molecule has 6 rings (SSSR count). The second-order valence-corrected chi connectivity index (χ2v) is 9.99. The van der Waals surface area contributed by atoms with Crippen LogP contribution in [-0.2, 0) is 9.59 Å². The monoisotopic (exact) mass is 505 g/mol. The van der Waals surface area contributed by atoms with E-state index < -0.39 is 11.7 Å². The zero-order valence-electron chi connectivity index (χ0n) is 20.3. The number of carbonyl (C=O) groups excluding carboxylic acids is 3. The molecule has 3 aliphatic heterocycles. The number of fused-ring (bicyclic) bond motifs is 1. The van der Waals surface area contributed by atoms with E-state index in [0.29, 0.717) is 50.1 Å². The summed E-state index contributed by atoms with van der Waals surface area (Å²) >= 11 is 0. The number of nitrogens with zero attached hydrogens (tertiary/aromatic N) is 6. The zero-order valence-corrected chi connectivity index (χ0v) is 20.3. The minimum absolute atomic E-state index is 0.0737. The maximum atomic E-state index is 13.9. The number of aromatic nitrogens is 3. The van der Waals surface area contributed by atoms with Gasteiger partial charge in [0.05, 0.1) is 25.0 Å². The Labute approximate surface area is 213 Å². The molecule has 192 valence electrons. The highest BCUT2D eigenvalue weighted by molar-refractivity contribution is 5.98. The maximum absolute atomic E-state index is 13.9. The van der Waals surface area contributed by atoms with E-state index in [1.165, 1.54) is 11.1 Å². The van der Waals surface area contributed by atoms with Crippen molar-refractivity contribution < 1.29 is 18.8 Å². The molecule has 0 saturated carbocycles. The van der Waals surface area contributed by atoms with Crippen LogP contribution in [0.15, 0.2) is 48.8 Å². The van der Waals surface area contributed by atoms with Crippen LogP contribution in [0.25, 0.3) is 11.0 Å².